The summed E-state index contributed by atoms with van der Waals surface area (Å²) < 4.78 is 67.7. The molecule has 226 valence electrons. The molecule has 0 aromatic heterocycles. The molecule has 2 aliphatic heterocycles. The second-order valence-electron chi connectivity index (χ2n) is 11.7. The lowest BCUT2D eigenvalue weighted by Crippen LogP contribution is -2.28. The van der Waals surface area contributed by atoms with Crippen LogP contribution in [0.2, 0.25) is 0 Å². The Morgan fingerprint density at radius 1 is 0.952 bits per heavy atom. The zero-order valence-electron chi connectivity index (χ0n) is 24.2. The molecule has 2 aliphatic rings. The van der Waals surface area contributed by atoms with Crippen LogP contribution in [-0.4, -0.2) is 60.8 Å². The van der Waals surface area contributed by atoms with E-state index in [9.17, 15) is 25.9 Å². The number of hydrogen-bond acceptors (Lipinski definition) is 6. The molecule has 2 heterocycles. The first-order chi connectivity index (χ1) is 19.5. The van der Waals surface area contributed by atoms with E-state index >= 15 is 0 Å². The highest BCUT2D eigenvalue weighted by atomic mass is 35.5. The fourth-order valence-corrected chi connectivity index (χ4v) is 7.04. The molecule has 0 atom stereocenters. The van der Waals surface area contributed by atoms with Gasteiger partial charge in [-0.1, -0.05) is 61.8 Å². The Morgan fingerprint density at radius 2 is 1.60 bits per heavy atom. The van der Waals surface area contributed by atoms with E-state index < -0.39 is 26.0 Å². The van der Waals surface area contributed by atoms with Crippen molar-refractivity contribution in [2.24, 2.45) is 0 Å². The standard InChI is InChI=1S/C31H37ClN2O6S2/c1-30(2)24-11-5-7-13-26(24)33(19-9-21-41(35,36)37)28(30)17-15-23(32)16-18-29-31(3,4)25-12-6-8-14-27(25)34(29)20-10-22-42(38,39)40/h5-8,11-18H,9-10,19-22H2,1-4H3,(H-,35,36,37,38,39,40). The van der Waals surface area contributed by atoms with E-state index in [-0.39, 0.29) is 29.4 Å². The van der Waals surface area contributed by atoms with Gasteiger partial charge in [0.2, 0.25) is 5.69 Å². The summed E-state index contributed by atoms with van der Waals surface area (Å²) >= 11 is 6.72. The van der Waals surface area contributed by atoms with E-state index in [2.05, 4.69) is 38.7 Å². The molecule has 1 N–H and O–H groups in total. The molecule has 0 unspecified atom stereocenters. The molecule has 0 bridgehead atoms. The van der Waals surface area contributed by atoms with Crippen LogP contribution in [0.25, 0.3) is 0 Å². The molecule has 2 aromatic rings. The van der Waals surface area contributed by atoms with Crippen LogP contribution in [0.15, 0.2) is 83.6 Å². The minimum atomic E-state index is -4.31. The lowest BCUT2D eigenvalue weighted by molar-refractivity contribution is -0.437. The summed E-state index contributed by atoms with van der Waals surface area (Å²) in [4.78, 5) is 2.07. The molecular weight excluding hydrogens is 596 g/mol. The van der Waals surface area contributed by atoms with Crippen LogP contribution in [0.4, 0.5) is 11.4 Å². The average Bonchev–Trinajstić information content (AvgIpc) is 3.24. The Hall–Kier alpha value is -2.76. The third-order valence-corrected chi connectivity index (χ3v) is 9.80. The van der Waals surface area contributed by atoms with Gasteiger partial charge < -0.3 is 9.45 Å². The molecule has 0 amide bonds. The number of hydrogen-bond donors (Lipinski definition) is 1. The number of benzene rings is 2. The van der Waals surface area contributed by atoms with Crippen LogP contribution in [0.3, 0.4) is 0 Å². The van der Waals surface area contributed by atoms with Crippen molar-refractivity contribution in [3.63, 3.8) is 0 Å². The quantitative estimate of drug-likeness (QED) is 0.194. The van der Waals surface area contributed by atoms with Crippen molar-refractivity contribution in [1.29, 1.82) is 0 Å². The van der Waals surface area contributed by atoms with Gasteiger partial charge in [-0.05, 0) is 50.1 Å². The minimum absolute atomic E-state index is 0.201. The number of allylic oxidation sites excluding steroid dienone is 6. The second kappa shape index (κ2) is 12.1. The van der Waals surface area contributed by atoms with Crippen molar-refractivity contribution in [2.75, 3.05) is 29.5 Å². The van der Waals surface area contributed by atoms with Gasteiger partial charge in [0, 0.05) is 58.3 Å². The first kappa shape index (κ1) is 32.2. The molecule has 8 nitrogen and oxygen atoms in total. The molecule has 0 spiro atoms. The van der Waals surface area contributed by atoms with Gasteiger partial charge in [-0.25, -0.2) is 8.42 Å². The molecule has 0 fully saturated rings. The van der Waals surface area contributed by atoms with Gasteiger partial charge in [0.15, 0.2) is 5.71 Å². The van der Waals surface area contributed by atoms with Crippen LogP contribution in [0, 0.1) is 0 Å². The highest BCUT2D eigenvalue weighted by Crippen LogP contribution is 2.47. The van der Waals surface area contributed by atoms with Crippen LogP contribution in [-0.2, 0) is 31.1 Å². The van der Waals surface area contributed by atoms with E-state index in [0.29, 0.717) is 18.1 Å². The third kappa shape index (κ3) is 7.06. The summed E-state index contributed by atoms with van der Waals surface area (Å²) in [6, 6.07) is 15.9. The molecule has 2 aromatic carbocycles. The van der Waals surface area contributed by atoms with Gasteiger partial charge in [0.1, 0.15) is 6.54 Å². The molecule has 42 heavy (non-hydrogen) atoms. The van der Waals surface area contributed by atoms with Crippen LogP contribution in [0.5, 0.6) is 0 Å². The summed E-state index contributed by atoms with van der Waals surface area (Å²) in [6.07, 6.45) is 7.94. The number of halogens is 1. The highest BCUT2D eigenvalue weighted by molar-refractivity contribution is 7.85. The highest BCUT2D eigenvalue weighted by Gasteiger charge is 2.44. The molecule has 11 heteroatoms. The summed E-state index contributed by atoms with van der Waals surface area (Å²) in [5, 5.41) is 0.466. The van der Waals surface area contributed by atoms with Gasteiger partial charge in [0.25, 0.3) is 10.1 Å². The summed E-state index contributed by atoms with van der Waals surface area (Å²) in [5.41, 5.74) is 5.31. The van der Waals surface area contributed by atoms with Gasteiger partial charge in [-0.15, -0.1) is 0 Å². The van der Waals surface area contributed by atoms with Gasteiger partial charge in [0.05, 0.1) is 21.3 Å². The van der Waals surface area contributed by atoms with E-state index in [1.54, 1.807) is 12.2 Å². The fraction of sp³-hybridized carbons (Fsp3) is 0.387. The minimum Gasteiger partial charge on any atom is -0.748 e. The number of anilines is 1. The maximum absolute atomic E-state index is 11.3. The number of fused-ring (bicyclic) bond motifs is 2. The molecule has 0 aliphatic carbocycles. The second-order valence-corrected chi connectivity index (χ2v) is 15.2. The van der Waals surface area contributed by atoms with E-state index in [4.69, 9.17) is 11.6 Å². The van der Waals surface area contributed by atoms with E-state index in [0.717, 1.165) is 33.9 Å². The van der Waals surface area contributed by atoms with Crippen molar-refractivity contribution >= 4 is 48.9 Å². The number of rotatable bonds is 11. The molecular formula is C31H37ClN2O6S2. The zero-order chi connectivity index (χ0) is 30.9. The summed E-state index contributed by atoms with van der Waals surface area (Å²) in [7, 11) is -8.38. The normalized spacial score (nSPS) is 19.2. The third-order valence-electron chi connectivity index (χ3n) is 7.96. The average molecular weight is 633 g/mol. The molecule has 0 saturated heterocycles. The maximum Gasteiger partial charge on any atom is 0.264 e. The van der Waals surface area contributed by atoms with Crippen LogP contribution >= 0.6 is 11.6 Å². The predicted molar refractivity (Wildman–Crippen MR) is 167 cm³/mol. The summed E-state index contributed by atoms with van der Waals surface area (Å²) in [5.74, 6) is -0.761. The largest absolute Gasteiger partial charge is 0.748 e. The first-order valence-corrected chi connectivity index (χ1v) is 17.3. The monoisotopic (exact) mass is 632 g/mol. The Kier molecular flexibility index (Phi) is 9.25. The van der Waals surface area contributed by atoms with Gasteiger partial charge >= 0.3 is 0 Å². The van der Waals surface area contributed by atoms with Crippen LogP contribution in [0.1, 0.15) is 51.7 Å². The Bertz CT molecular complexity index is 1700. The van der Waals surface area contributed by atoms with Crippen molar-refractivity contribution in [3.05, 3.63) is 94.7 Å². The zero-order valence-corrected chi connectivity index (χ0v) is 26.6. The lowest BCUT2D eigenvalue weighted by atomic mass is 9.81. The lowest BCUT2D eigenvalue weighted by Gasteiger charge is -2.27. The van der Waals surface area contributed by atoms with Crippen molar-refractivity contribution in [2.45, 2.75) is 51.4 Å². The molecule has 0 saturated carbocycles. The molecule has 0 radical (unpaired) electrons. The Morgan fingerprint density at radius 3 is 2.26 bits per heavy atom. The maximum atomic E-state index is 11.3. The van der Waals surface area contributed by atoms with E-state index in [1.165, 1.54) is 0 Å². The summed E-state index contributed by atoms with van der Waals surface area (Å²) in [6.45, 7) is 9.18. The Balaban J connectivity index is 1.65. The van der Waals surface area contributed by atoms with Gasteiger partial charge in [-0.3, -0.25) is 4.55 Å². The van der Waals surface area contributed by atoms with Crippen molar-refractivity contribution in [3.8, 4) is 0 Å². The number of nitrogens with zero attached hydrogens (tertiary/aromatic N) is 2. The Labute approximate surface area is 254 Å². The SMILES string of the molecule is CC1(C)C(/C=C/C(Cl)=C/C=C2/N(CCCS(=O)(=O)O)c3ccccc3C2(C)C)=[N+](CCCS(=O)(=O)[O-])c2ccccc21. The van der Waals surface area contributed by atoms with E-state index in [1.807, 2.05) is 59.2 Å². The number of para-hydroxylation sites is 2. The van der Waals surface area contributed by atoms with Crippen LogP contribution < -0.4 is 4.90 Å². The van der Waals surface area contributed by atoms with Gasteiger partial charge in [-0.2, -0.15) is 13.0 Å². The fourth-order valence-electron chi connectivity index (χ4n) is 5.94. The first-order valence-electron chi connectivity index (χ1n) is 13.8. The predicted octanol–water partition coefficient (Wildman–Crippen LogP) is 5.64. The molecule has 4 rings (SSSR count). The van der Waals surface area contributed by atoms with Crippen molar-refractivity contribution in [1.82, 2.24) is 0 Å². The smallest absolute Gasteiger partial charge is 0.264 e. The van der Waals surface area contributed by atoms with Crippen molar-refractivity contribution < 1.29 is 30.5 Å². The topological polar surface area (TPSA) is 118 Å².